The molecule has 8 nitrogen and oxygen atoms in total. The second-order valence-electron chi connectivity index (χ2n) is 6.67. The van der Waals surface area contributed by atoms with Crippen LogP contribution in [-0.2, 0) is 17.9 Å². The van der Waals surface area contributed by atoms with Crippen LogP contribution in [0.4, 0.5) is 5.82 Å². The number of rotatable bonds is 7. The Bertz CT molecular complexity index is 689. The number of likely N-dealkylation sites (N-methyl/N-ethyl adjacent to an activating group) is 1. The van der Waals surface area contributed by atoms with E-state index < -0.39 is 0 Å². The minimum Gasteiger partial charge on any atom is -0.355 e. The molecule has 0 saturated carbocycles. The van der Waals surface area contributed by atoms with Gasteiger partial charge in [0, 0.05) is 50.9 Å². The number of aromatic nitrogens is 4. The maximum absolute atomic E-state index is 12.1. The number of aryl methyl sites for hydroxylation is 1. The molecule has 1 fully saturated rings. The molecule has 140 valence electrons. The number of anilines is 1. The Balaban J connectivity index is 1.50. The van der Waals surface area contributed by atoms with Crippen LogP contribution >= 0.6 is 0 Å². The fourth-order valence-electron chi connectivity index (χ4n) is 3.14. The second-order valence-corrected chi connectivity index (χ2v) is 6.67. The average Bonchev–Trinajstić information content (AvgIpc) is 3.07. The SMILES string of the molecule is CN1CCCN(c2ncccc2CNC(=O)CCCn2cncn2)CC1. The van der Waals surface area contributed by atoms with Crippen molar-refractivity contribution in [3.05, 3.63) is 36.5 Å². The Morgan fingerprint density at radius 3 is 3.04 bits per heavy atom. The summed E-state index contributed by atoms with van der Waals surface area (Å²) in [5, 5.41) is 7.06. The van der Waals surface area contributed by atoms with E-state index in [-0.39, 0.29) is 5.91 Å². The van der Waals surface area contributed by atoms with Crippen LogP contribution in [0.2, 0.25) is 0 Å². The third-order valence-corrected chi connectivity index (χ3v) is 4.62. The number of carbonyl (C=O) groups is 1. The summed E-state index contributed by atoms with van der Waals surface area (Å²) in [6.45, 7) is 5.32. The van der Waals surface area contributed by atoms with E-state index in [2.05, 4.69) is 37.2 Å². The van der Waals surface area contributed by atoms with Gasteiger partial charge in [0.15, 0.2) is 0 Å². The van der Waals surface area contributed by atoms with E-state index in [1.807, 2.05) is 18.3 Å². The summed E-state index contributed by atoms with van der Waals surface area (Å²) in [6, 6.07) is 3.98. The van der Waals surface area contributed by atoms with Crippen molar-refractivity contribution < 1.29 is 4.79 Å². The van der Waals surface area contributed by atoms with E-state index in [1.54, 1.807) is 11.0 Å². The van der Waals surface area contributed by atoms with Crippen LogP contribution in [0.15, 0.2) is 31.0 Å². The molecular formula is C18H27N7O. The highest BCUT2D eigenvalue weighted by atomic mass is 16.1. The number of hydrogen-bond acceptors (Lipinski definition) is 6. The maximum Gasteiger partial charge on any atom is 0.220 e. The molecule has 3 rings (SSSR count). The highest BCUT2D eigenvalue weighted by Crippen LogP contribution is 2.18. The zero-order valence-corrected chi connectivity index (χ0v) is 15.3. The molecule has 0 aromatic carbocycles. The Morgan fingerprint density at radius 2 is 2.19 bits per heavy atom. The molecule has 0 aliphatic carbocycles. The van der Waals surface area contributed by atoms with Crippen LogP contribution in [0.1, 0.15) is 24.8 Å². The van der Waals surface area contributed by atoms with Crippen LogP contribution in [0.3, 0.4) is 0 Å². The Kier molecular flexibility index (Phi) is 6.54. The van der Waals surface area contributed by atoms with Gasteiger partial charge in [0.2, 0.25) is 5.91 Å². The number of nitrogens with zero attached hydrogens (tertiary/aromatic N) is 6. The molecule has 0 atom stereocenters. The van der Waals surface area contributed by atoms with Crippen LogP contribution < -0.4 is 10.2 Å². The van der Waals surface area contributed by atoms with Crippen molar-refractivity contribution in [1.82, 2.24) is 30.0 Å². The quantitative estimate of drug-likeness (QED) is 0.794. The largest absolute Gasteiger partial charge is 0.355 e. The van der Waals surface area contributed by atoms with Gasteiger partial charge in [0.25, 0.3) is 0 Å². The van der Waals surface area contributed by atoms with Crippen molar-refractivity contribution in [3.63, 3.8) is 0 Å². The molecule has 1 aliphatic rings. The maximum atomic E-state index is 12.1. The molecule has 1 aliphatic heterocycles. The van der Waals surface area contributed by atoms with E-state index in [0.29, 0.717) is 19.5 Å². The number of amides is 1. The molecule has 0 spiro atoms. The van der Waals surface area contributed by atoms with E-state index in [1.165, 1.54) is 6.33 Å². The summed E-state index contributed by atoms with van der Waals surface area (Å²) < 4.78 is 1.74. The molecule has 26 heavy (non-hydrogen) atoms. The number of nitrogens with one attached hydrogen (secondary N) is 1. The molecule has 8 heteroatoms. The van der Waals surface area contributed by atoms with E-state index in [4.69, 9.17) is 0 Å². The van der Waals surface area contributed by atoms with Gasteiger partial charge in [0.05, 0.1) is 0 Å². The highest BCUT2D eigenvalue weighted by Gasteiger charge is 2.16. The summed E-state index contributed by atoms with van der Waals surface area (Å²) in [7, 11) is 2.16. The van der Waals surface area contributed by atoms with Gasteiger partial charge in [-0.2, -0.15) is 5.10 Å². The molecule has 1 N–H and O–H groups in total. The van der Waals surface area contributed by atoms with Crippen molar-refractivity contribution in [2.75, 3.05) is 38.1 Å². The summed E-state index contributed by atoms with van der Waals surface area (Å²) in [6.07, 6.45) is 7.34. The van der Waals surface area contributed by atoms with Crippen LogP contribution in [0.5, 0.6) is 0 Å². The lowest BCUT2D eigenvalue weighted by molar-refractivity contribution is -0.121. The van der Waals surface area contributed by atoms with Crippen molar-refractivity contribution in [2.45, 2.75) is 32.4 Å². The summed E-state index contributed by atoms with van der Waals surface area (Å²) in [5.41, 5.74) is 1.07. The van der Waals surface area contributed by atoms with Gasteiger partial charge in [-0.15, -0.1) is 0 Å². The first-order chi connectivity index (χ1) is 12.7. The fraction of sp³-hybridized carbons (Fsp3) is 0.556. The first-order valence-electron chi connectivity index (χ1n) is 9.19. The number of pyridine rings is 1. The first kappa shape index (κ1) is 18.3. The molecule has 0 unspecified atom stereocenters. The first-order valence-corrected chi connectivity index (χ1v) is 9.19. The Morgan fingerprint density at radius 1 is 1.27 bits per heavy atom. The predicted molar refractivity (Wildman–Crippen MR) is 99.7 cm³/mol. The molecule has 2 aromatic heterocycles. The topological polar surface area (TPSA) is 79.2 Å². The fourth-order valence-corrected chi connectivity index (χ4v) is 3.14. The third-order valence-electron chi connectivity index (χ3n) is 4.62. The summed E-state index contributed by atoms with van der Waals surface area (Å²) in [4.78, 5) is 25.3. The average molecular weight is 357 g/mol. The van der Waals surface area contributed by atoms with Gasteiger partial charge in [-0.1, -0.05) is 6.07 Å². The molecule has 0 radical (unpaired) electrons. The van der Waals surface area contributed by atoms with Crippen LogP contribution in [0.25, 0.3) is 0 Å². The van der Waals surface area contributed by atoms with Gasteiger partial charge < -0.3 is 15.1 Å². The molecule has 0 bridgehead atoms. The lowest BCUT2D eigenvalue weighted by Gasteiger charge is -2.24. The minimum atomic E-state index is 0.0514. The number of hydrogen-bond donors (Lipinski definition) is 1. The smallest absolute Gasteiger partial charge is 0.220 e. The van der Waals surface area contributed by atoms with E-state index in [9.17, 15) is 4.79 Å². The highest BCUT2D eigenvalue weighted by molar-refractivity contribution is 5.76. The number of carbonyl (C=O) groups excluding carboxylic acids is 1. The molecule has 1 amide bonds. The Labute approximate surface area is 154 Å². The van der Waals surface area contributed by atoms with E-state index in [0.717, 1.165) is 50.4 Å². The van der Waals surface area contributed by atoms with Gasteiger partial charge in [-0.25, -0.2) is 9.97 Å². The molecule has 3 heterocycles. The molecular weight excluding hydrogens is 330 g/mol. The lowest BCUT2D eigenvalue weighted by atomic mass is 10.2. The second kappa shape index (κ2) is 9.28. The standard InChI is InChI=1S/C18H27N7O/c1-23-8-4-9-24(12-11-23)18-16(5-2-7-20-18)13-21-17(26)6-3-10-25-15-19-14-22-25/h2,5,7,14-15H,3-4,6,8-13H2,1H3,(H,21,26). The van der Waals surface area contributed by atoms with Gasteiger partial charge in [0.1, 0.15) is 18.5 Å². The van der Waals surface area contributed by atoms with Crippen molar-refractivity contribution in [3.8, 4) is 0 Å². The van der Waals surface area contributed by atoms with Crippen LogP contribution in [0, 0.1) is 0 Å². The minimum absolute atomic E-state index is 0.0514. The van der Waals surface area contributed by atoms with Crippen molar-refractivity contribution >= 4 is 11.7 Å². The van der Waals surface area contributed by atoms with Gasteiger partial charge in [-0.05, 0) is 32.5 Å². The van der Waals surface area contributed by atoms with Crippen molar-refractivity contribution in [1.29, 1.82) is 0 Å². The van der Waals surface area contributed by atoms with Crippen molar-refractivity contribution in [2.24, 2.45) is 0 Å². The monoisotopic (exact) mass is 357 g/mol. The summed E-state index contributed by atoms with van der Waals surface area (Å²) in [5.74, 6) is 1.04. The summed E-state index contributed by atoms with van der Waals surface area (Å²) >= 11 is 0. The zero-order chi connectivity index (χ0) is 18.2. The molecule has 1 saturated heterocycles. The molecule has 2 aromatic rings. The van der Waals surface area contributed by atoms with Crippen LogP contribution in [-0.4, -0.2) is 63.8 Å². The van der Waals surface area contributed by atoms with Gasteiger partial charge >= 0.3 is 0 Å². The lowest BCUT2D eigenvalue weighted by Crippen LogP contribution is -2.31. The Hall–Kier alpha value is -2.48. The zero-order valence-electron chi connectivity index (χ0n) is 15.3. The van der Waals surface area contributed by atoms with E-state index >= 15 is 0 Å². The third kappa shape index (κ3) is 5.26. The predicted octanol–water partition coefficient (Wildman–Crippen LogP) is 0.912. The normalized spacial score (nSPS) is 15.7. The van der Waals surface area contributed by atoms with Gasteiger partial charge in [-0.3, -0.25) is 9.48 Å².